The molecule has 1 saturated carbocycles. The Labute approximate surface area is 117 Å². The molecule has 0 aliphatic heterocycles. The Morgan fingerprint density at radius 1 is 1.40 bits per heavy atom. The summed E-state index contributed by atoms with van der Waals surface area (Å²) in [5.74, 6) is -0.478. The van der Waals surface area contributed by atoms with Gasteiger partial charge in [-0.05, 0) is 44.9 Å². The quantitative estimate of drug-likeness (QED) is 0.834. The number of amides is 1. The molecule has 0 aromatic heterocycles. The molecule has 0 bridgehead atoms. The first-order valence-electron chi connectivity index (χ1n) is 6.71. The van der Waals surface area contributed by atoms with Gasteiger partial charge in [0.25, 0.3) is 5.91 Å². The predicted molar refractivity (Wildman–Crippen MR) is 73.8 cm³/mol. The van der Waals surface area contributed by atoms with Crippen molar-refractivity contribution >= 4 is 11.9 Å². The van der Waals surface area contributed by atoms with E-state index >= 15 is 0 Å². The van der Waals surface area contributed by atoms with Crippen molar-refractivity contribution in [3.05, 3.63) is 29.8 Å². The predicted octanol–water partition coefficient (Wildman–Crippen LogP) is 2.07. The van der Waals surface area contributed by atoms with Gasteiger partial charge in [0.05, 0.1) is 11.5 Å². The molecule has 1 aliphatic carbocycles. The molecule has 108 valence electrons. The molecule has 5 nitrogen and oxygen atoms in total. The lowest BCUT2D eigenvalue weighted by Gasteiger charge is -2.13. The molecule has 0 spiro atoms. The maximum atomic E-state index is 12.0. The van der Waals surface area contributed by atoms with E-state index in [0.717, 1.165) is 0 Å². The van der Waals surface area contributed by atoms with E-state index in [0.29, 0.717) is 24.2 Å². The van der Waals surface area contributed by atoms with Crippen molar-refractivity contribution in [2.24, 2.45) is 5.41 Å². The molecule has 0 unspecified atom stereocenters. The molecule has 0 atom stereocenters. The molecule has 20 heavy (non-hydrogen) atoms. The minimum atomic E-state index is -0.838. The van der Waals surface area contributed by atoms with Crippen LogP contribution in [0.25, 0.3) is 0 Å². The van der Waals surface area contributed by atoms with Gasteiger partial charge in [-0.2, -0.15) is 0 Å². The molecule has 0 radical (unpaired) electrons. The Hall–Kier alpha value is -2.04. The number of benzene rings is 1. The van der Waals surface area contributed by atoms with Crippen molar-refractivity contribution in [2.75, 3.05) is 6.54 Å². The zero-order valence-electron chi connectivity index (χ0n) is 11.7. The SMILES string of the molecule is CC(C)Oc1cccc(C(=O)NCC2(C(=O)O)CC2)c1. The summed E-state index contributed by atoms with van der Waals surface area (Å²) in [5, 5.41) is 11.7. The van der Waals surface area contributed by atoms with Crippen LogP contribution in [-0.4, -0.2) is 29.6 Å². The van der Waals surface area contributed by atoms with E-state index in [-0.39, 0.29) is 18.6 Å². The number of nitrogens with one attached hydrogen (secondary N) is 1. The zero-order chi connectivity index (χ0) is 14.8. The summed E-state index contributed by atoms with van der Waals surface area (Å²) >= 11 is 0. The van der Waals surface area contributed by atoms with E-state index in [1.165, 1.54) is 0 Å². The average Bonchev–Trinajstić information content (AvgIpc) is 3.16. The molecule has 1 aromatic carbocycles. The van der Waals surface area contributed by atoms with Crippen LogP contribution in [0, 0.1) is 5.41 Å². The Balaban J connectivity index is 1.97. The Morgan fingerprint density at radius 3 is 2.65 bits per heavy atom. The Morgan fingerprint density at radius 2 is 2.10 bits per heavy atom. The van der Waals surface area contributed by atoms with Crippen LogP contribution in [0.5, 0.6) is 5.75 Å². The van der Waals surface area contributed by atoms with E-state index < -0.39 is 11.4 Å². The van der Waals surface area contributed by atoms with Crippen molar-refractivity contribution in [3.8, 4) is 5.75 Å². The van der Waals surface area contributed by atoms with Gasteiger partial charge in [-0.25, -0.2) is 0 Å². The largest absolute Gasteiger partial charge is 0.491 e. The number of carbonyl (C=O) groups excluding carboxylic acids is 1. The minimum absolute atomic E-state index is 0.0371. The second-order valence-corrected chi connectivity index (χ2v) is 5.46. The first-order chi connectivity index (χ1) is 9.43. The summed E-state index contributed by atoms with van der Waals surface area (Å²) in [7, 11) is 0. The molecule has 2 rings (SSSR count). The number of hydrogen-bond donors (Lipinski definition) is 2. The van der Waals surface area contributed by atoms with Crippen LogP contribution < -0.4 is 10.1 Å². The number of carboxylic acid groups (broad SMARTS) is 1. The molecule has 5 heteroatoms. The minimum Gasteiger partial charge on any atom is -0.491 e. The maximum absolute atomic E-state index is 12.0. The highest BCUT2D eigenvalue weighted by atomic mass is 16.5. The molecule has 1 aliphatic rings. The third-order valence-corrected chi connectivity index (χ3v) is 3.36. The number of carboxylic acids is 1. The van der Waals surface area contributed by atoms with Crippen LogP contribution in [0.3, 0.4) is 0 Å². The summed E-state index contributed by atoms with van der Waals surface area (Å²) in [6, 6.07) is 6.88. The molecule has 2 N–H and O–H groups in total. The number of carbonyl (C=O) groups is 2. The van der Waals surface area contributed by atoms with Crippen molar-refractivity contribution in [3.63, 3.8) is 0 Å². The number of hydrogen-bond acceptors (Lipinski definition) is 3. The van der Waals surface area contributed by atoms with E-state index in [1.54, 1.807) is 24.3 Å². The third kappa shape index (κ3) is 3.29. The molecule has 0 heterocycles. The van der Waals surface area contributed by atoms with Gasteiger partial charge in [0.1, 0.15) is 5.75 Å². The molecular weight excluding hydrogens is 258 g/mol. The molecule has 1 amide bonds. The van der Waals surface area contributed by atoms with Gasteiger partial charge in [0, 0.05) is 12.1 Å². The maximum Gasteiger partial charge on any atom is 0.311 e. The highest BCUT2D eigenvalue weighted by Crippen LogP contribution is 2.45. The highest BCUT2D eigenvalue weighted by Gasteiger charge is 2.50. The van der Waals surface area contributed by atoms with Gasteiger partial charge in [-0.1, -0.05) is 6.07 Å². The summed E-state index contributed by atoms with van der Waals surface area (Å²) in [5.41, 5.74) is -0.272. The molecule has 0 saturated heterocycles. The van der Waals surface area contributed by atoms with Gasteiger partial charge < -0.3 is 15.2 Å². The van der Waals surface area contributed by atoms with Gasteiger partial charge in [0.2, 0.25) is 0 Å². The van der Waals surface area contributed by atoms with Gasteiger partial charge in [-0.3, -0.25) is 9.59 Å². The van der Waals surface area contributed by atoms with Crippen LogP contribution in [0.15, 0.2) is 24.3 Å². The third-order valence-electron chi connectivity index (χ3n) is 3.36. The lowest BCUT2D eigenvalue weighted by Crippen LogP contribution is -2.34. The number of aliphatic carboxylic acids is 1. The van der Waals surface area contributed by atoms with Crippen LogP contribution in [-0.2, 0) is 4.79 Å². The van der Waals surface area contributed by atoms with Gasteiger partial charge >= 0.3 is 5.97 Å². The monoisotopic (exact) mass is 277 g/mol. The van der Waals surface area contributed by atoms with Crippen molar-refractivity contribution in [1.29, 1.82) is 0 Å². The van der Waals surface area contributed by atoms with Crippen molar-refractivity contribution in [2.45, 2.75) is 32.8 Å². The standard InChI is InChI=1S/C15H19NO4/c1-10(2)20-12-5-3-4-11(8-12)13(17)16-9-15(6-7-15)14(18)19/h3-5,8,10H,6-7,9H2,1-2H3,(H,16,17)(H,18,19). The fourth-order valence-corrected chi connectivity index (χ4v) is 1.95. The summed E-state index contributed by atoms with van der Waals surface area (Å²) < 4.78 is 5.53. The number of rotatable bonds is 6. The molecule has 1 fully saturated rings. The van der Waals surface area contributed by atoms with Crippen molar-refractivity contribution < 1.29 is 19.4 Å². The first-order valence-corrected chi connectivity index (χ1v) is 6.71. The van der Waals surface area contributed by atoms with Gasteiger partial charge in [0.15, 0.2) is 0 Å². The van der Waals surface area contributed by atoms with Crippen molar-refractivity contribution in [1.82, 2.24) is 5.32 Å². The normalized spacial score (nSPS) is 15.8. The number of ether oxygens (including phenoxy) is 1. The van der Waals surface area contributed by atoms with E-state index in [2.05, 4.69) is 5.32 Å². The molecule has 1 aromatic rings. The lowest BCUT2D eigenvalue weighted by molar-refractivity contribution is -0.143. The van der Waals surface area contributed by atoms with Crippen LogP contribution in [0.2, 0.25) is 0 Å². The topological polar surface area (TPSA) is 75.6 Å². The average molecular weight is 277 g/mol. The smallest absolute Gasteiger partial charge is 0.311 e. The fraction of sp³-hybridized carbons (Fsp3) is 0.467. The summed E-state index contributed by atoms with van der Waals surface area (Å²) in [6.45, 7) is 4.00. The Bertz CT molecular complexity index is 520. The molecular formula is C15H19NO4. The van der Waals surface area contributed by atoms with E-state index in [1.807, 2.05) is 13.8 Å². The Kier molecular flexibility index (Phi) is 3.97. The van der Waals surface area contributed by atoms with E-state index in [9.17, 15) is 9.59 Å². The summed E-state index contributed by atoms with van der Waals surface area (Å²) in [6.07, 6.45) is 1.29. The van der Waals surface area contributed by atoms with E-state index in [4.69, 9.17) is 9.84 Å². The van der Waals surface area contributed by atoms with Crippen LogP contribution in [0.1, 0.15) is 37.0 Å². The zero-order valence-corrected chi connectivity index (χ0v) is 11.7. The first kappa shape index (κ1) is 14.4. The van der Waals surface area contributed by atoms with Crippen LogP contribution >= 0.6 is 0 Å². The fourth-order valence-electron chi connectivity index (χ4n) is 1.95. The van der Waals surface area contributed by atoms with Crippen LogP contribution in [0.4, 0.5) is 0 Å². The summed E-state index contributed by atoms with van der Waals surface area (Å²) in [4.78, 5) is 23.1. The second kappa shape index (κ2) is 5.53. The lowest BCUT2D eigenvalue weighted by atomic mass is 10.1. The second-order valence-electron chi connectivity index (χ2n) is 5.46. The highest BCUT2D eigenvalue weighted by molar-refractivity contribution is 5.95. The van der Waals surface area contributed by atoms with Gasteiger partial charge in [-0.15, -0.1) is 0 Å².